The summed E-state index contributed by atoms with van der Waals surface area (Å²) in [6, 6.07) is 17.8. The molecule has 2 heterocycles. The zero-order valence-electron chi connectivity index (χ0n) is 14.8. The van der Waals surface area contributed by atoms with Gasteiger partial charge in [-0.25, -0.2) is 0 Å². The number of hydrogen-bond donors (Lipinski definition) is 2. The van der Waals surface area contributed by atoms with Crippen molar-refractivity contribution in [1.29, 1.82) is 0 Å². The first kappa shape index (κ1) is 20.1. The van der Waals surface area contributed by atoms with E-state index in [0.29, 0.717) is 11.1 Å². The lowest BCUT2D eigenvalue weighted by Gasteiger charge is -2.47. The van der Waals surface area contributed by atoms with Crippen LogP contribution in [0.5, 0.6) is 0 Å². The third kappa shape index (κ3) is 3.79. The van der Waals surface area contributed by atoms with E-state index in [0.717, 1.165) is 0 Å². The van der Waals surface area contributed by atoms with Gasteiger partial charge in [-0.2, -0.15) is 0 Å². The first-order chi connectivity index (χ1) is 13.4. The number of aliphatic hydroxyl groups excluding tert-OH is 2. The van der Waals surface area contributed by atoms with Crippen molar-refractivity contribution in [2.24, 2.45) is 0 Å². The largest absolute Gasteiger partial charge is 0.388 e. The molecule has 0 aliphatic carbocycles. The second kappa shape index (κ2) is 7.89. The molecule has 2 N–H and O–H groups in total. The van der Waals surface area contributed by atoms with Gasteiger partial charge >= 0.3 is 0 Å². The van der Waals surface area contributed by atoms with Gasteiger partial charge in [0.1, 0.15) is 24.4 Å². The summed E-state index contributed by atoms with van der Waals surface area (Å²) in [4.78, 5) is 0. The SMILES string of the molecule is O[C@@H]1[C@H]2OC(Cl)(c3ccccc3)OC[C@@H]2OC(Cl)(c2ccccc2)OC[C@H]1O. The minimum absolute atomic E-state index is 0.0303. The predicted molar refractivity (Wildman–Crippen MR) is 102 cm³/mol. The topological polar surface area (TPSA) is 77.4 Å². The summed E-state index contributed by atoms with van der Waals surface area (Å²) in [5, 5.41) is 17.7. The zero-order valence-corrected chi connectivity index (χ0v) is 16.3. The summed E-state index contributed by atoms with van der Waals surface area (Å²) >= 11 is 13.2. The smallest absolute Gasteiger partial charge is 0.276 e. The first-order valence-electron chi connectivity index (χ1n) is 8.90. The standard InChI is InChI=1S/C20H20Cl2O6/c21-19(13-7-3-1-4-8-13)25-11-15(23)17(24)18-16(27-19)12-26-20(22,28-18)14-9-5-2-6-10-14/h1-10,15-18,23-24H,11-12H2/t15-,16+,17+,18+,19?,20?/m1/s1. The Labute approximate surface area is 172 Å². The molecule has 2 aliphatic rings. The minimum atomic E-state index is -1.67. The van der Waals surface area contributed by atoms with Crippen molar-refractivity contribution >= 4 is 23.2 Å². The summed E-state index contributed by atoms with van der Waals surface area (Å²) in [7, 11) is 0. The monoisotopic (exact) mass is 426 g/mol. The van der Waals surface area contributed by atoms with Gasteiger partial charge in [0.2, 0.25) is 0 Å². The molecule has 28 heavy (non-hydrogen) atoms. The molecule has 6 atom stereocenters. The van der Waals surface area contributed by atoms with Gasteiger partial charge in [-0.3, -0.25) is 0 Å². The highest BCUT2D eigenvalue weighted by Crippen LogP contribution is 2.43. The van der Waals surface area contributed by atoms with Crippen LogP contribution in [0.4, 0.5) is 0 Å². The van der Waals surface area contributed by atoms with Gasteiger partial charge in [0.15, 0.2) is 0 Å². The molecule has 2 aliphatic heterocycles. The van der Waals surface area contributed by atoms with Crippen molar-refractivity contribution in [3.63, 3.8) is 0 Å². The number of aliphatic hydroxyl groups is 2. The Hall–Kier alpha value is -1.22. The minimum Gasteiger partial charge on any atom is -0.388 e. The van der Waals surface area contributed by atoms with Crippen LogP contribution in [0.2, 0.25) is 0 Å². The third-order valence-electron chi connectivity index (χ3n) is 4.80. The van der Waals surface area contributed by atoms with Crippen LogP contribution in [0.25, 0.3) is 0 Å². The predicted octanol–water partition coefficient (Wildman–Crippen LogP) is 2.64. The molecule has 0 spiro atoms. The Morgan fingerprint density at radius 3 is 1.82 bits per heavy atom. The molecule has 8 heteroatoms. The van der Waals surface area contributed by atoms with Crippen LogP contribution in [-0.2, 0) is 29.4 Å². The van der Waals surface area contributed by atoms with Crippen molar-refractivity contribution in [2.75, 3.05) is 13.2 Å². The fourth-order valence-corrected chi connectivity index (χ4v) is 3.87. The van der Waals surface area contributed by atoms with Crippen LogP contribution in [0, 0.1) is 0 Å². The summed E-state index contributed by atoms with van der Waals surface area (Å²) < 4.78 is 23.2. The highest BCUT2D eigenvalue weighted by Gasteiger charge is 2.52. The summed E-state index contributed by atoms with van der Waals surface area (Å²) in [5.41, 5.74) is 1.11. The van der Waals surface area contributed by atoms with Crippen molar-refractivity contribution in [1.82, 2.24) is 0 Å². The highest BCUT2D eigenvalue weighted by molar-refractivity contribution is 6.22. The molecule has 2 aromatic rings. The van der Waals surface area contributed by atoms with Gasteiger partial charge in [0.05, 0.1) is 13.2 Å². The molecule has 2 fully saturated rings. The van der Waals surface area contributed by atoms with Crippen molar-refractivity contribution < 1.29 is 29.2 Å². The molecule has 150 valence electrons. The Morgan fingerprint density at radius 2 is 1.25 bits per heavy atom. The third-order valence-corrected chi connectivity index (χ3v) is 5.63. The van der Waals surface area contributed by atoms with E-state index < -0.39 is 34.9 Å². The van der Waals surface area contributed by atoms with Gasteiger partial charge in [-0.1, -0.05) is 83.9 Å². The molecule has 0 bridgehead atoms. The van der Waals surface area contributed by atoms with E-state index >= 15 is 0 Å². The van der Waals surface area contributed by atoms with E-state index in [1.807, 2.05) is 12.1 Å². The molecule has 0 aromatic heterocycles. The number of benzene rings is 2. The first-order valence-corrected chi connectivity index (χ1v) is 9.65. The average Bonchev–Trinajstić information content (AvgIpc) is 2.73. The molecule has 2 aromatic carbocycles. The lowest BCUT2D eigenvalue weighted by Crippen LogP contribution is -2.60. The molecule has 0 saturated carbocycles. The lowest BCUT2D eigenvalue weighted by atomic mass is 10.0. The number of hydrogen-bond acceptors (Lipinski definition) is 6. The maximum atomic E-state index is 10.6. The number of rotatable bonds is 2. The molecule has 6 nitrogen and oxygen atoms in total. The molecule has 0 radical (unpaired) electrons. The quantitative estimate of drug-likeness (QED) is 0.718. The molecule has 2 saturated heterocycles. The molecular formula is C20H20Cl2O6. The number of halogens is 2. The number of ether oxygens (including phenoxy) is 4. The van der Waals surface area contributed by atoms with Crippen LogP contribution in [0.1, 0.15) is 11.1 Å². The Balaban J connectivity index is 1.64. The lowest BCUT2D eigenvalue weighted by molar-refractivity contribution is -0.357. The number of fused-ring (bicyclic) bond motifs is 1. The molecule has 2 unspecified atom stereocenters. The van der Waals surface area contributed by atoms with Crippen LogP contribution in [-0.4, -0.2) is 47.8 Å². The van der Waals surface area contributed by atoms with E-state index in [9.17, 15) is 10.2 Å². The van der Waals surface area contributed by atoms with E-state index in [1.54, 1.807) is 48.5 Å². The van der Waals surface area contributed by atoms with Gasteiger partial charge in [0.25, 0.3) is 10.5 Å². The maximum Gasteiger partial charge on any atom is 0.276 e. The highest BCUT2D eigenvalue weighted by atomic mass is 35.5. The summed E-state index contributed by atoms with van der Waals surface area (Å²) in [5.74, 6) is 0. The van der Waals surface area contributed by atoms with Gasteiger partial charge in [0, 0.05) is 11.1 Å². The van der Waals surface area contributed by atoms with Crippen LogP contribution >= 0.6 is 23.2 Å². The number of alkyl halides is 2. The van der Waals surface area contributed by atoms with Crippen molar-refractivity contribution in [3.05, 3.63) is 71.8 Å². The maximum absolute atomic E-state index is 10.6. The van der Waals surface area contributed by atoms with E-state index in [4.69, 9.17) is 42.1 Å². The van der Waals surface area contributed by atoms with Crippen LogP contribution < -0.4 is 0 Å². The Kier molecular flexibility index (Phi) is 5.66. The average molecular weight is 427 g/mol. The fourth-order valence-electron chi connectivity index (χ4n) is 3.28. The molecule has 4 rings (SSSR count). The van der Waals surface area contributed by atoms with E-state index in [-0.39, 0.29) is 13.2 Å². The fraction of sp³-hybridized carbons (Fsp3) is 0.400. The zero-order chi connectivity index (χ0) is 19.8. The van der Waals surface area contributed by atoms with Gasteiger partial charge < -0.3 is 29.2 Å². The van der Waals surface area contributed by atoms with E-state index in [1.165, 1.54) is 0 Å². The summed E-state index contributed by atoms with van der Waals surface area (Å²) in [6.07, 6.45) is -4.40. The van der Waals surface area contributed by atoms with Crippen molar-refractivity contribution in [3.8, 4) is 0 Å². The van der Waals surface area contributed by atoms with Gasteiger partial charge in [-0.15, -0.1) is 0 Å². The normalized spacial score (nSPS) is 38.9. The van der Waals surface area contributed by atoms with Crippen LogP contribution in [0.3, 0.4) is 0 Å². The van der Waals surface area contributed by atoms with Crippen molar-refractivity contribution in [2.45, 2.75) is 34.9 Å². The Morgan fingerprint density at radius 1 is 0.750 bits per heavy atom. The second-order valence-corrected chi connectivity index (χ2v) is 7.72. The molecular weight excluding hydrogens is 407 g/mol. The summed E-state index contributed by atoms with van der Waals surface area (Å²) in [6.45, 7) is -0.287. The van der Waals surface area contributed by atoms with E-state index in [2.05, 4.69) is 0 Å². The molecule has 0 amide bonds. The van der Waals surface area contributed by atoms with Crippen LogP contribution in [0.15, 0.2) is 60.7 Å². The van der Waals surface area contributed by atoms with Gasteiger partial charge in [-0.05, 0) is 0 Å². The Bertz CT molecular complexity index is 794. The second-order valence-electron chi connectivity index (χ2n) is 6.72.